The molecule has 0 radical (unpaired) electrons. The number of H-pyrrole nitrogens is 1. The summed E-state index contributed by atoms with van der Waals surface area (Å²) in [5.74, 6) is -1.17. The van der Waals surface area contributed by atoms with Crippen molar-refractivity contribution in [3.63, 3.8) is 0 Å². The number of rotatable bonds is 11. The van der Waals surface area contributed by atoms with E-state index < -0.39 is 61.9 Å². The number of hydrogen-bond donors (Lipinski definition) is 4. The Morgan fingerprint density at radius 3 is 2.64 bits per heavy atom. The number of nitrogens with two attached hydrogens (primary N) is 1. The van der Waals surface area contributed by atoms with Crippen LogP contribution in [0.15, 0.2) is 45.2 Å². The summed E-state index contributed by atoms with van der Waals surface area (Å²) in [5, 5.41) is 6.05. The third kappa shape index (κ3) is 8.68. The summed E-state index contributed by atoms with van der Waals surface area (Å²) in [6.45, 7) is 2.24. The second-order valence-corrected chi connectivity index (χ2v) is 9.85. The Kier molecular flexibility index (Phi) is 10.9. The summed E-state index contributed by atoms with van der Waals surface area (Å²) in [5.41, 5.74) is 13.7. The molecular formula is C21H27ClN7O9P. The number of benzene rings is 1. The van der Waals surface area contributed by atoms with Gasteiger partial charge in [0.25, 0.3) is 5.56 Å². The fourth-order valence-corrected chi connectivity index (χ4v) is 4.52. The summed E-state index contributed by atoms with van der Waals surface area (Å²) in [7, 11) is -4.67. The van der Waals surface area contributed by atoms with E-state index in [4.69, 9.17) is 25.0 Å². The average Bonchev–Trinajstić information content (AvgIpc) is 3.23. The number of carbonyl (C=O) groups excluding carboxylic acids is 2. The van der Waals surface area contributed by atoms with Crippen molar-refractivity contribution in [2.24, 2.45) is 10.8 Å². The highest BCUT2D eigenvalue weighted by atomic mass is 35.5. The minimum absolute atomic E-state index is 0. The number of phosphoric ester groups is 1. The first-order chi connectivity index (χ1) is 17.9. The maximum atomic E-state index is 12.5. The van der Waals surface area contributed by atoms with Crippen LogP contribution < -0.4 is 26.8 Å². The van der Waals surface area contributed by atoms with E-state index in [1.807, 2.05) is 0 Å². The molecule has 18 heteroatoms. The summed E-state index contributed by atoms with van der Waals surface area (Å²) >= 11 is 0. The summed E-state index contributed by atoms with van der Waals surface area (Å²) in [6.07, 6.45) is -0.474. The van der Waals surface area contributed by atoms with E-state index in [2.05, 4.69) is 20.3 Å². The van der Waals surface area contributed by atoms with Gasteiger partial charge in [-0.3, -0.25) is 33.4 Å². The quantitative estimate of drug-likeness (QED) is 0.126. The molecule has 2 heterocycles. The maximum Gasteiger partial charge on any atom is 0.527 e. The molecule has 212 valence electrons. The molecule has 1 aromatic carbocycles. The number of azide groups is 1. The lowest BCUT2D eigenvalue weighted by atomic mass is 10.1. The number of amides is 2. The molecule has 0 bridgehead atoms. The standard InChI is InChI=1S/C21H26N7O9P.ClH/c1-11-9-28(21(32)25-20(11)31)18-8-15(26-27-23)17(36-18)10-35-38(33,34)37-14-5-3-13(4-6-14)7-16(19(22)30)24-12(2)29;/h3-6,9,15-18H,7-8,10H2,1-2H3,(H2,22,30)(H,24,29)(H,33,34)(H,25,31,32);1H/t15?,16-,17+,18+;/m0./s1. The Labute approximate surface area is 227 Å². The van der Waals surface area contributed by atoms with Gasteiger partial charge in [0.2, 0.25) is 11.8 Å². The summed E-state index contributed by atoms with van der Waals surface area (Å²) < 4.78 is 29.5. The van der Waals surface area contributed by atoms with Gasteiger partial charge in [-0.25, -0.2) is 9.36 Å². The van der Waals surface area contributed by atoms with Crippen LogP contribution in [0.5, 0.6) is 5.75 Å². The van der Waals surface area contributed by atoms with Crippen LogP contribution in [-0.2, 0) is 29.8 Å². The Bertz CT molecular complexity index is 1410. The van der Waals surface area contributed by atoms with Crippen molar-refractivity contribution < 1.29 is 32.8 Å². The highest BCUT2D eigenvalue weighted by molar-refractivity contribution is 7.47. The van der Waals surface area contributed by atoms with Crippen molar-refractivity contribution in [2.45, 2.75) is 51.1 Å². The van der Waals surface area contributed by atoms with E-state index in [0.29, 0.717) is 5.56 Å². The lowest BCUT2D eigenvalue weighted by molar-refractivity contribution is -0.126. The minimum Gasteiger partial charge on any atom is -0.404 e. The molecular weight excluding hydrogens is 561 g/mol. The Balaban J connectivity index is 0.00000533. The van der Waals surface area contributed by atoms with Crippen LogP contribution in [0.1, 0.15) is 30.7 Å². The van der Waals surface area contributed by atoms with Crippen LogP contribution in [0.2, 0.25) is 0 Å². The van der Waals surface area contributed by atoms with Gasteiger partial charge in [-0.2, -0.15) is 0 Å². The number of hydrogen-bond acceptors (Lipinski definition) is 9. The van der Waals surface area contributed by atoms with Crippen molar-refractivity contribution in [3.8, 4) is 5.75 Å². The zero-order valence-electron chi connectivity index (χ0n) is 20.8. The van der Waals surface area contributed by atoms with Gasteiger partial charge in [-0.15, -0.1) is 12.4 Å². The number of aromatic nitrogens is 2. The first-order valence-electron chi connectivity index (χ1n) is 11.2. The SMILES string of the molecule is CC(=O)N[C@@H](Cc1ccc(OP(=O)(O)OC[C@H]2O[C@@H](n3cc(C)c(=O)[nH]c3=O)CC2N=[N+]=[N-])cc1)C(N)=O.Cl. The van der Waals surface area contributed by atoms with Crippen molar-refractivity contribution in [1.82, 2.24) is 14.9 Å². The van der Waals surface area contributed by atoms with Crippen LogP contribution in [0.4, 0.5) is 0 Å². The minimum atomic E-state index is -4.67. The first-order valence-corrected chi connectivity index (χ1v) is 12.7. The molecule has 39 heavy (non-hydrogen) atoms. The van der Waals surface area contributed by atoms with Gasteiger partial charge in [-0.1, -0.05) is 17.2 Å². The van der Waals surface area contributed by atoms with Gasteiger partial charge >= 0.3 is 13.5 Å². The summed E-state index contributed by atoms with van der Waals surface area (Å²) in [4.78, 5) is 61.6. The molecule has 2 amide bonds. The molecule has 0 aliphatic carbocycles. The number of carbonyl (C=O) groups is 2. The topological polar surface area (TPSA) is 241 Å². The molecule has 5 atom stereocenters. The Morgan fingerprint density at radius 1 is 1.38 bits per heavy atom. The molecule has 1 aliphatic rings. The van der Waals surface area contributed by atoms with E-state index in [1.165, 1.54) is 44.3 Å². The lowest BCUT2D eigenvalue weighted by Gasteiger charge is -2.19. The fraction of sp³-hybridized carbons (Fsp3) is 0.429. The molecule has 2 aromatic rings. The van der Waals surface area contributed by atoms with Gasteiger partial charge in [-0.05, 0) is 30.2 Å². The number of ether oxygens (including phenoxy) is 1. The largest absolute Gasteiger partial charge is 0.527 e. The monoisotopic (exact) mass is 587 g/mol. The number of nitrogens with zero attached hydrogens (tertiary/aromatic N) is 4. The van der Waals surface area contributed by atoms with Gasteiger partial charge in [0.15, 0.2) is 0 Å². The van der Waals surface area contributed by atoms with Gasteiger partial charge in [0, 0.05) is 36.4 Å². The number of halogens is 1. The van der Waals surface area contributed by atoms with E-state index >= 15 is 0 Å². The van der Waals surface area contributed by atoms with Crippen molar-refractivity contribution in [3.05, 3.63) is 72.9 Å². The molecule has 3 rings (SSSR count). The van der Waals surface area contributed by atoms with Crippen LogP contribution in [0.3, 0.4) is 0 Å². The van der Waals surface area contributed by atoms with E-state index in [1.54, 1.807) is 0 Å². The van der Waals surface area contributed by atoms with Crippen LogP contribution in [0, 0.1) is 6.92 Å². The predicted molar refractivity (Wildman–Crippen MR) is 138 cm³/mol. The van der Waals surface area contributed by atoms with E-state index in [9.17, 15) is 28.6 Å². The second-order valence-electron chi connectivity index (χ2n) is 8.47. The smallest absolute Gasteiger partial charge is 0.404 e. The van der Waals surface area contributed by atoms with Crippen molar-refractivity contribution >= 4 is 32.0 Å². The van der Waals surface area contributed by atoms with Crippen molar-refractivity contribution in [1.29, 1.82) is 0 Å². The Hall–Kier alpha value is -3.65. The number of aromatic amines is 1. The van der Waals surface area contributed by atoms with Gasteiger partial charge in [0.1, 0.15) is 18.0 Å². The number of nitrogens with one attached hydrogen (secondary N) is 2. The lowest BCUT2D eigenvalue weighted by Crippen LogP contribution is -2.44. The molecule has 0 spiro atoms. The second kappa shape index (κ2) is 13.4. The summed E-state index contributed by atoms with van der Waals surface area (Å²) in [6, 6.07) is 3.98. The Morgan fingerprint density at radius 2 is 2.05 bits per heavy atom. The maximum absolute atomic E-state index is 12.5. The predicted octanol–water partition coefficient (Wildman–Crippen LogP) is 0.962. The molecule has 1 aliphatic heterocycles. The molecule has 5 N–H and O–H groups in total. The van der Waals surface area contributed by atoms with Crippen LogP contribution in [-0.4, -0.2) is 51.1 Å². The molecule has 1 aromatic heterocycles. The number of primary amides is 1. The highest BCUT2D eigenvalue weighted by Gasteiger charge is 2.38. The molecule has 16 nitrogen and oxygen atoms in total. The number of aryl methyl sites for hydroxylation is 1. The zero-order chi connectivity index (χ0) is 28.0. The van der Waals surface area contributed by atoms with Crippen molar-refractivity contribution in [2.75, 3.05) is 6.61 Å². The average molecular weight is 588 g/mol. The fourth-order valence-electron chi connectivity index (χ4n) is 3.74. The number of phosphoric acid groups is 1. The normalized spacial score (nSPS) is 20.5. The molecule has 2 unspecified atom stereocenters. The van der Waals surface area contributed by atoms with Crippen LogP contribution >= 0.6 is 20.2 Å². The van der Waals surface area contributed by atoms with E-state index in [-0.39, 0.29) is 36.6 Å². The highest BCUT2D eigenvalue weighted by Crippen LogP contribution is 2.45. The third-order valence-electron chi connectivity index (χ3n) is 5.57. The van der Waals surface area contributed by atoms with Gasteiger partial charge in [0.05, 0.1) is 18.8 Å². The molecule has 1 saturated heterocycles. The zero-order valence-corrected chi connectivity index (χ0v) is 22.5. The molecule has 1 fully saturated rings. The van der Waals surface area contributed by atoms with Crippen LogP contribution in [0.25, 0.3) is 10.4 Å². The van der Waals surface area contributed by atoms with Gasteiger partial charge < -0.3 is 20.3 Å². The third-order valence-corrected chi connectivity index (χ3v) is 6.48. The molecule has 0 saturated carbocycles. The first kappa shape index (κ1) is 31.6. The van der Waals surface area contributed by atoms with E-state index in [0.717, 1.165) is 4.57 Å².